The summed E-state index contributed by atoms with van der Waals surface area (Å²) in [5.41, 5.74) is 4.42. The maximum absolute atomic E-state index is 12.2. The average Bonchev–Trinajstić information content (AvgIpc) is 3.13. The number of carbonyl (C=O) groups excluding carboxylic acids is 1. The summed E-state index contributed by atoms with van der Waals surface area (Å²) < 4.78 is 1.85. The van der Waals surface area contributed by atoms with E-state index in [2.05, 4.69) is 20.7 Å². The molecule has 0 saturated heterocycles. The predicted octanol–water partition coefficient (Wildman–Crippen LogP) is 4.53. The van der Waals surface area contributed by atoms with Gasteiger partial charge in [-0.25, -0.2) is 5.43 Å². The van der Waals surface area contributed by atoms with E-state index in [1.807, 2.05) is 66.2 Å². The molecule has 0 unspecified atom stereocenters. The molecule has 3 aromatic carbocycles. The summed E-state index contributed by atoms with van der Waals surface area (Å²) >= 11 is 7.24. The number of fused-ring (bicyclic) bond motifs is 1. The third-order valence-electron chi connectivity index (χ3n) is 4.49. The number of thioether (sulfide) groups is 1. The van der Waals surface area contributed by atoms with Gasteiger partial charge in [-0.05, 0) is 35.0 Å². The van der Waals surface area contributed by atoms with Crippen LogP contribution in [-0.2, 0) is 11.8 Å². The quantitative estimate of drug-likeness (QED) is 0.274. The van der Waals surface area contributed by atoms with Gasteiger partial charge < -0.3 is 4.57 Å². The molecule has 0 atom stereocenters. The monoisotopic (exact) mass is 435 g/mol. The molecule has 0 bridgehead atoms. The number of aromatic nitrogens is 3. The SMILES string of the molecule is Cn1c(SCC(=O)N/N=C/c2cccc3ccccc23)nnc1-c1ccc(Cl)cc1. The van der Waals surface area contributed by atoms with Crippen molar-refractivity contribution in [3.63, 3.8) is 0 Å². The summed E-state index contributed by atoms with van der Waals surface area (Å²) in [7, 11) is 1.86. The van der Waals surface area contributed by atoms with Gasteiger partial charge in [0.2, 0.25) is 0 Å². The van der Waals surface area contributed by atoms with Gasteiger partial charge in [0.05, 0.1) is 12.0 Å². The van der Waals surface area contributed by atoms with Crippen LogP contribution < -0.4 is 5.43 Å². The maximum atomic E-state index is 12.2. The van der Waals surface area contributed by atoms with E-state index in [4.69, 9.17) is 11.6 Å². The summed E-state index contributed by atoms with van der Waals surface area (Å²) in [6.45, 7) is 0. The zero-order chi connectivity index (χ0) is 20.9. The number of carbonyl (C=O) groups is 1. The first-order valence-corrected chi connectivity index (χ1v) is 10.6. The van der Waals surface area contributed by atoms with E-state index in [0.29, 0.717) is 16.0 Å². The number of halogens is 1. The van der Waals surface area contributed by atoms with Crippen molar-refractivity contribution < 1.29 is 4.79 Å². The Morgan fingerprint density at radius 3 is 2.70 bits per heavy atom. The van der Waals surface area contributed by atoms with Crippen molar-refractivity contribution in [2.45, 2.75) is 5.16 Å². The van der Waals surface area contributed by atoms with E-state index < -0.39 is 0 Å². The van der Waals surface area contributed by atoms with Gasteiger partial charge in [-0.3, -0.25) is 4.79 Å². The summed E-state index contributed by atoms with van der Waals surface area (Å²) in [4.78, 5) is 12.2. The Labute approximate surface area is 183 Å². The van der Waals surface area contributed by atoms with Crippen LogP contribution in [0.2, 0.25) is 5.02 Å². The first-order valence-electron chi connectivity index (χ1n) is 9.19. The molecule has 8 heteroatoms. The normalized spacial score (nSPS) is 11.3. The number of nitrogens with one attached hydrogen (secondary N) is 1. The van der Waals surface area contributed by atoms with Gasteiger partial charge >= 0.3 is 0 Å². The largest absolute Gasteiger partial charge is 0.305 e. The van der Waals surface area contributed by atoms with Crippen molar-refractivity contribution in [3.05, 3.63) is 77.3 Å². The Morgan fingerprint density at radius 1 is 1.10 bits per heavy atom. The standard InChI is InChI=1S/C22H18ClN5OS/c1-28-21(16-9-11-18(23)12-10-16)26-27-22(28)30-14-20(29)25-24-13-17-7-4-6-15-5-2-3-8-19(15)17/h2-13H,14H2,1H3,(H,25,29)/b24-13+. The van der Waals surface area contributed by atoms with Crippen molar-refractivity contribution in [1.29, 1.82) is 0 Å². The number of hydrogen-bond donors (Lipinski definition) is 1. The number of rotatable bonds is 6. The van der Waals surface area contributed by atoms with Gasteiger partial charge in [0.1, 0.15) is 0 Å². The van der Waals surface area contributed by atoms with Crippen LogP contribution in [0.25, 0.3) is 22.2 Å². The molecule has 1 N–H and O–H groups in total. The van der Waals surface area contributed by atoms with Crippen molar-refractivity contribution in [2.75, 3.05) is 5.75 Å². The third-order valence-corrected chi connectivity index (χ3v) is 5.76. The third kappa shape index (κ3) is 4.53. The van der Waals surface area contributed by atoms with Crippen molar-refractivity contribution in [1.82, 2.24) is 20.2 Å². The lowest BCUT2D eigenvalue weighted by Gasteiger charge is -2.04. The van der Waals surface area contributed by atoms with E-state index in [1.165, 1.54) is 11.8 Å². The fourth-order valence-corrected chi connectivity index (χ4v) is 3.82. The number of hydrogen-bond acceptors (Lipinski definition) is 5. The molecule has 1 amide bonds. The molecular weight excluding hydrogens is 418 g/mol. The molecule has 0 radical (unpaired) electrons. The lowest BCUT2D eigenvalue weighted by atomic mass is 10.1. The summed E-state index contributed by atoms with van der Waals surface area (Å²) in [5.74, 6) is 0.676. The molecule has 30 heavy (non-hydrogen) atoms. The first-order chi connectivity index (χ1) is 14.6. The van der Waals surface area contributed by atoms with Crippen LogP contribution in [-0.4, -0.2) is 32.6 Å². The van der Waals surface area contributed by atoms with Crippen LogP contribution >= 0.6 is 23.4 Å². The molecule has 4 rings (SSSR count). The second-order valence-corrected chi connectivity index (χ2v) is 7.90. The van der Waals surface area contributed by atoms with Crippen LogP contribution in [0.5, 0.6) is 0 Å². The van der Waals surface area contributed by atoms with E-state index in [-0.39, 0.29) is 11.7 Å². The number of nitrogens with zero attached hydrogens (tertiary/aromatic N) is 4. The van der Waals surface area contributed by atoms with Crippen LogP contribution in [0, 0.1) is 0 Å². The first kappa shape index (κ1) is 20.1. The highest BCUT2D eigenvalue weighted by Gasteiger charge is 2.12. The van der Waals surface area contributed by atoms with Crippen LogP contribution in [0.3, 0.4) is 0 Å². The lowest BCUT2D eigenvalue weighted by molar-refractivity contribution is -0.118. The average molecular weight is 436 g/mol. The van der Waals surface area contributed by atoms with E-state index in [9.17, 15) is 4.79 Å². The van der Waals surface area contributed by atoms with Crippen molar-refractivity contribution >= 4 is 46.3 Å². The Kier molecular flexibility index (Phi) is 6.11. The zero-order valence-corrected chi connectivity index (χ0v) is 17.7. The Bertz CT molecular complexity index is 1210. The molecular formula is C22H18ClN5OS. The molecule has 150 valence electrons. The van der Waals surface area contributed by atoms with Crippen molar-refractivity contribution in [2.24, 2.45) is 12.1 Å². The van der Waals surface area contributed by atoms with E-state index in [1.54, 1.807) is 18.3 Å². The maximum Gasteiger partial charge on any atom is 0.250 e. The second-order valence-electron chi connectivity index (χ2n) is 6.52. The Morgan fingerprint density at radius 2 is 1.87 bits per heavy atom. The Hall–Kier alpha value is -3.16. The molecule has 4 aromatic rings. The smallest absolute Gasteiger partial charge is 0.250 e. The minimum absolute atomic E-state index is 0.180. The highest BCUT2D eigenvalue weighted by atomic mass is 35.5. The summed E-state index contributed by atoms with van der Waals surface area (Å²) in [6, 6.07) is 21.4. The number of amides is 1. The highest BCUT2D eigenvalue weighted by molar-refractivity contribution is 7.99. The molecule has 0 aliphatic rings. The number of hydrazone groups is 1. The molecule has 6 nitrogen and oxygen atoms in total. The topological polar surface area (TPSA) is 72.2 Å². The van der Waals surface area contributed by atoms with Gasteiger partial charge in [0.15, 0.2) is 11.0 Å². The second kappa shape index (κ2) is 9.11. The van der Waals surface area contributed by atoms with Gasteiger partial charge in [-0.15, -0.1) is 10.2 Å². The minimum Gasteiger partial charge on any atom is -0.305 e. The molecule has 1 aromatic heterocycles. The van der Waals surface area contributed by atoms with E-state index in [0.717, 1.165) is 21.9 Å². The molecule has 0 fully saturated rings. The van der Waals surface area contributed by atoms with Gasteiger partial charge in [0.25, 0.3) is 5.91 Å². The van der Waals surface area contributed by atoms with Gasteiger partial charge in [-0.2, -0.15) is 5.10 Å². The Balaban J connectivity index is 1.36. The van der Waals surface area contributed by atoms with Crippen LogP contribution in [0.1, 0.15) is 5.56 Å². The fraction of sp³-hybridized carbons (Fsp3) is 0.0909. The van der Waals surface area contributed by atoms with E-state index >= 15 is 0 Å². The van der Waals surface area contributed by atoms with Gasteiger partial charge in [-0.1, -0.05) is 65.8 Å². The highest BCUT2D eigenvalue weighted by Crippen LogP contribution is 2.23. The number of benzene rings is 3. The zero-order valence-electron chi connectivity index (χ0n) is 16.1. The summed E-state index contributed by atoms with van der Waals surface area (Å²) in [5, 5.41) is 16.0. The molecule has 0 aliphatic carbocycles. The molecule has 1 heterocycles. The van der Waals surface area contributed by atoms with Crippen LogP contribution in [0.4, 0.5) is 0 Å². The van der Waals surface area contributed by atoms with Crippen LogP contribution in [0.15, 0.2) is 77.0 Å². The summed E-state index contributed by atoms with van der Waals surface area (Å²) in [6.07, 6.45) is 1.66. The molecule has 0 saturated carbocycles. The van der Waals surface area contributed by atoms with Crippen molar-refractivity contribution in [3.8, 4) is 11.4 Å². The molecule has 0 spiro atoms. The fourth-order valence-electron chi connectivity index (χ4n) is 2.99. The molecule has 0 aliphatic heterocycles. The minimum atomic E-state index is -0.215. The lowest BCUT2D eigenvalue weighted by Crippen LogP contribution is -2.19. The predicted molar refractivity (Wildman–Crippen MR) is 122 cm³/mol. The van der Waals surface area contributed by atoms with Gasteiger partial charge in [0, 0.05) is 23.2 Å².